The van der Waals surface area contributed by atoms with Crippen molar-refractivity contribution in [3.8, 4) is 0 Å². The number of aliphatic hydroxyl groups excluding tert-OH is 1. The van der Waals surface area contributed by atoms with Crippen LogP contribution in [0.1, 0.15) is 25.8 Å². The largest absolute Gasteiger partial charge is 0.445 e. The summed E-state index contributed by atoms with van der Waals surface area (Å²) >= 11 is 0.423. The number of nitrogens with one attached hydrogen (secondary N) is 1. The second kappa shape index (κ2) is 4.77. The van der Waals surface area contributed by atoms with Gasteiger partial charge in [-0.15, -0.1) is 10.2 Å². The Morgan fingerprint density at radius 2 is 1.88 bits per heavy atom. The van der Waals surface area contributed by atoms with Crippen molar-refractivity contribution >= 4 is 16.5 Å². The maximum atomic E-state index is 12.2. The first-order valence-electron chi connectivity index (χ1n) is 4.93. The lowest BCUT2D eigenvalue weighted by Gasteiger charge is -2.25. The number of aromatic nitrogens is 2. The molecule has 0 aliphatic heterocycles. The molecule has 0 aliphatic carbocycles. The van der Waals surface area contributed by atoms with E-state index in [2.05, 4.69) is 15.5 Å². The predicted octanol–water partition coefficient (Wildman–Crippen LogP) is 2.38. The van der Waals surface area contributed by atoms with Crippen LogP contribution >= 0.6 is 11.3 Å². The van der Waals surface area contributed by atoms with Gasteiger partial charge in [-0.2, -0.15) is 13.2 Å². The molecule has 0 aliphatic rings. The maximum Gasteiger partial charge on any atom is 0.445 e. The molecule has 1 aromatic heterocycles. The molecule has 0 fully saturated rings. The van der Waals surface area contributed by atoms with E-state index in [9.17, 15) is 18.3 Å². The van der Waals surface area contributed by atoms with Crippen molar-refractivity contribution < 1.29 is 18.3 Å². The molecule has 8 heteroatoms. The number of aliphatic hydroxyl groups is 1. The van der Waals surface area contributed by atoms with Crippen molar-refractivity contribution in [2.75, 3.05) is 11.9 Å². The Labute approximate surface area is 101 Å². The topological polar surface area (TPSA) is 58.0 Å². The Morgan fingerprint density at radius 3 is 2.29 bits per heavy atom. The van der Waals surface area contributed by atoms with Gasteiger partial charge in [0.05, 0.1) is 6.10 Å². The molecule has 1 aromatic rings. The van der Waals surface area contributed by atoms with E-state index in [1.807, 2.05) is 20.8 Å². The number of hydrogen-bond donors (Lipinski definition) is 2. The maximum absolute atomic E-state index is 12.2. The minimum absolute atomic E-state index is 0.0561. The highest BCUT2D eigenvalue weighted by Crippen LogP contribution is 2.33. The summed E-state index contributed by atoms with van der Waals surface area (Å²) in [6.07, 6.45) is -5.15. The standard InChI is InChI=1S/C9H14F3N3OS/c1-8(2,3)5(16)4-13-7-15-14-6(17-7)9(10,11)12/h5,16H,4H2,1-3H3,(H,13,15). The summed E-state index contributed by atoms with van der Waals surface area (Å²) < 4.78 is 36.7. The summed E-state index contributed by atoms with van der Waals surface area (Å²) in [4.78, 5) is 0. The highest BCUT2D eigenvalue weighted by atomic mass is 32.1. The molecule has 0 saturated heterocycles. The molecule has 4 nitrogen and oxygen atoms in total. The van der Waals surface area contributed by atoms with E-state index in [1.54, 1.807) is 0 Å². The molecule has 1 unspecified atom stereocenters. The average Bonchev–Trinajstić information content (AvgIpc) is 2.59. The molecule has 0 bridgehead atoms. The summed E-state index contributed by atoms with van der Waals surface area (Å²) in [5.41, 5.74) is -0.343. The summed E-state index contributed by atoms with van der Waals surface area (Å²) in [6.45, 7) is 5.64. The quantitative estimate of drug-likeness (QED) is 0.884. The van der Waals surface area contributed by atoms with E-state index in [0.29, 0.717) is 11.3 Å². The predicted molar refractivity (Wildman–Crippen MR) is 58.9 cm³/mol. The monoisotopic (exact) mass is 269 g/mol. The van der Waals surface area contributed by atoms with Crippen LogP contribution in [-0.4, -0.2) is 28.0 Å². The lowest BCUT2D eigenvalue weighted by molar-refractivity contribution is -0.138. The Balaban J connectivity index is 2.57. The fourth-order valence-corrected chi connectivity index (χ4v) is 1.52. The molecule has 1 atom stereocenters. The minimum atomic E-state index is -4.47. The van der Waals surface area contributed by atoms with Crippen molar-refractivity contribution in [1.82, 2.24) is 10.2 Å². The van der Waals surface area contributed by atoms with Gasteiger partial charge in [-0.3, -0.25) is 0 Å². The van der Waals surface area contributed by atoms with Gasteiger partial charge in [-0.25, -0.2) is 0 Å². The van der Waals surface area contributed by atoms with E-state index in [1.165, 1.54) is 0 Å². The molecule has 0 amide bonds. The molecular formula is C9H14F3N3OS. The molecular weight excluding hydrogens is 255 g/mol. The molecule has 0 saturated carbocycles. The van der Waals surface area contributed by atoms with Crippen LogP contribution in [0, 0.1) is 5.41 Å². The second-order valence-electron chi connectivity index (χ2n) is 4.67. The van der Waals surface area contributed by atoms with Gasteiger partial charge in [-0.05, 0) is 5.41 Å². The van der Waals surface area contributed by atoms with Crippen molar-refractivity contribution in [2.45, 2.75) is 33.1 Å². The Hall–Kier alpha value is -0.890. The highest BCUT2D eigenvalue weighted by Gasteiger charge is 2.35. The molecule has 98 valence electrons. The lowest BCUT2D eigenvalue weighted by Crippen LogP contribution is -2.32. The Kier molecular flexibility index (Phi) is 3.98. The van der Waals surface area contributed by atoms with Crippen LogP contribution in [0.25, 0.3) is 0 Å². The van der Waals surface area contributed by atoms with Gasteiger partial charge >= 0.3 is 6.18 Å². The number of anilines is 1. The van der Waals surface area contributed by atoms with Gasteiger partial charge in [0.1, 0.15) is 0 Å². The van der Waals surface area contributed by atoms with Gasteiger partial charge in [0.2, 0.25) is 10.1 Å². The van der Waals surface area contributed by atoms with Gasteiger partial charge in [0.25, 0.3) is 0 Å². The van der Waals surface area contributed by atoms with Crippen LogP contribution in [0.4, 0.5) is 18.3 Å². The Morgan fingerprint density at radius 1 is 1.29 bits per heavy atom. The molecule has 0 radical (unpaired) electrons. The first-order chi connectivity index (χ1) is 7.60. The van der Waals surface area contributed by atoms with E-state index in [-0.39, 0.29) is 17.1 Å². The van der Waals surface area contributed by atoms with Gasteiger partial charge in [0.15, 0.2) is 0 Å². The normalized spacial score (nSPS) is 14.8. The zero-order chi connectivity index (χ0) is 13.3. The van der Waals surface area contributed by atoms with Crippen molar-refractivity contribution in [2.24, 2.45) is 5.41 Å². The minimum Gasteiger partial charge on any atom is -0.391 e. The van der Waals surface area contributed by atoms with Crippen LogP contribution in [0.2, 0.25) is 0 Å². The zero-order valence-electron chi connectivity index (χ0n) is 9.67. The van der Waals surface area contributed by atoms with Gasteiger partial charge in [0, 0.05) is 6.54 Å². The second-order valence-corrected chi connectivity index (χ2v) is 5.65. The van der Waals surface area contributed by atoms with E-state index in [4.69, 9.17) is 0 Å². The smallest absolute Gasteiger partial charge is 0.391 e. The van der Waals surface area contributed by atoms with Gasteiger partial charge < -0.3 is 10.4 Å². The Bertz CT molecular complexity index is 372. The average molecular weight is 269 g/mol. The third kappa shape index (κ3) is 4.12. The number of alkyl halides is 3. The van der Waals surface area contributed by atoms with Crippen LogP contribution in [0.15, 0.2) is 0 Å². The lowest BCUT2D eigenvalue weighted by atomic mass is 9.89. The van der Waals surface area contributed by atoms with Crippen LogP contribution < -0.4 is 5.32 Å². The summed E-state index contributed by atoms with van der Waals surface area (Å²) in [6, 6.07) is 0. The summed E-state index contributed by atoms with van der Waals surface area (Å²) in [7, 11) is 0. The van der Waals surface area contributed by atoms with Crippen LogP contribution in [0.3, 0.4) is 0 Å². The molecule has 0 aromatic carbocycles. The molecule has 1 heterocycles. The van der Waals surface area contributed by atoms with Crippen molar-refractivity contribution in [3.05, 3.63) is 5.01 Å². The number of nitrogens with zero attached hydrogens (tertiary/aromatic N) is 2. The van der Waals surface area contributed by atoms with Crippen molar-refractivity contribution in [1.29, 1.82) is 0 Å². The third-order valence-corrected chi connectivity index (χ3v) is 3.04. The van der Waals surface area contributed by atoms with E-state index >= 15 is 0 Å². The van der Waals surface area contributed by atoms with Crippen molar-refractivity contribution in [3.63, 3.8) is 0 Å². The summed E-state index contributed by atoms with van der Waals surface area (Å²) in [5, 5.41) is 17.8. The van der Waals surface area contributed by atoms with Gasteiger partial charge in [-0.1, -0.05) is 32.1 Å². The van der Waals surface area contributed by atoms with E-state index < -0.39 is 17.3 Å². The molecule has 17 heavy (non-hydrogen) atoms. The highest BCUT2D eigenvalue weighted by molar-refractivity contribution is 7.15. The number of rotatable bonds is 3. The fourth-order valence-electron chi connectivity index (χ4n) is 0.899. The molecule has 0 spiro atoms. The molecule has 2 N–H and O–H groups in total. The fraction of sp³-hybridized carbons (Fsp3) is 0.778. The molecule has 1 rings (SSSR count). The number of halogens is 3. The number of hydrogen-bond acceptors (Lipinski definition) is 5. The van der Waals surface area contributed by atoms with Crippen LogP contribution in [0.5, 0.6) is 0 Å². The third-order valence-electron chi connectivity index (χ3n) is 2.11. The van der Waals surface area contributed by atoms with E-state index in [0.717, 1.165) is 0 Å². The summed E-state index contributed by atoms with van der Waals surface area (Å²) in [5.74, 6) is 0. The first kappa shape index (κ1) is 14.2. The first-order valence-corrected chi connectivity index (χ1v) is 5.75. The zero-order valence-corrected chi connectivity index (χ0v) is 10.5. The van der Waals surface area contributed by atoms with Crippen LogP contribution in [-0.2, 0) is 6.18 Å². The SMILES string of the molecule is CC(C)(C)C(O)CNc1nnc(C(F)(F)F)s1.